The van der Waals surface area contributed by atoms with E-state index < -0.39 is 21.4 Å². The third-order valence-corrected chi connectivity index (χ3v) is 7.72. The number of nitrogens with zero attached hydrogens (tertiary/aromatic N) is 3. The lowest BCUT2D eigenvalue weighted by atomic mass is 10.0. The zero-order chi connectivity index (χ0) is 26.6. The Balaban J connectivity index is 1.68. The van der Waals surface area contributed by atoms with Crippen LogP contribution in [-0.2, 0) is 23.0 Å². The highest BCUT2D eigenvalue weighted by Crippen LogP contribution is 2.30. The molecule has 0 saturated carbocycles. The normalized spacial score (nSPS) is 11.7. The number of ether oxygens (including phenoxy) is 1. The predicted octanol–water partition coefficient (Wildman–Crippen LogP) is 5.70. The summed E-state index contributed by atoms with van der Waals surface area (Å²) in [6.07, 6.45) is 1.40. The van der Waals surface area contributed by atoms with Crippen LogP contribution < -0.4 is 9.46 Å². The fraction of sp³-hybridized carbons (Fsp3) is 0.296. The van der Waals surface area contributed by atoms with Crippen molar-refractivity contribution in [3.8, 4) is 16.9 Å². The first-order valence-corrected chi connectivity index (χ1v) is 13.7. The lowest BCUT2D eigenvalue weighted by Crippen LogP contribution is -2.23. The van der Waals surface area contributed by atoms with Crippen LogP contribution in [-0.4, -0.2) is 39.5 Å². The molecule has 4 aromatic rings. The van der Waals surface area contributed by atoms with Crippen molar-refractivity contribution in [1.82, 2.24) is 14.5 Å². The average molecular weight is 523 g/mol. The molecule has 2 aromatic carbocycles. The third-order valence-electron chi connectivity index (χ3n) is 5.98. The molecular formula is C27H30N4O5S. The molecule has 194 valence electrons. The van der Waals surface area contributed by atoms with Crippen molar-refractivity contribution in [1.29, 1.82) is 0 Å². The van der Waals surface area contributed by atoms with Crippen molar-refractivity contribution in [3.63, 3.8) is 0 Å². The molecule has 0 aliphatic rings. The maximum Gasteiger partial charge on any atom is 0.511 e. The molecular weight excluding hydrogens is 492 g/mol. The van der Waals surface area contributed by atoms with Crippen LogP contribution in [0.25, 0.3) is 22.3 Å². The zero-order valence-corrected chi connectivity index (χ0v) is 21.8. The number of rotatable bonds is 10. The highest BCUT2D eigenvalue weighted by molar-refractivity contribution is 7.93. The van der Waals surface area contributed by atoms with Gasteiger partial charge in [-0.25, -0.2) is 23.2 Å². The summed E-state index contributed by atoms with van der Waals surface area (Å²) in [6.45, 7) is 5.85. The second-order valence-corrected chi connectivity index (χ2v) is 11.3. The molecule has 0 aliphatic heterocycles. The second kappa shape index (κ2) is 11.0. The van der Waals surface area contributed by atoms with Gasteiger partial charge in [0.2, 0.25) is 10.0 Å². The summed E-state index contributed by atoms with van der Waals surface area (Å²) in [5.74, 6) is 1.41. The average Bonchev–Trinajstić information content (AvgIpc) is 3.19. The largest absolute Gasteiger partial charge is 0.511 e. The molecule has 4 rings (SSSR count). The fourth-order valence-electron chi connectivity index (χ4n) is 3.92. The number of para-hydroxylation sites is 1. The molecule has 37 heavy (non-hydrogen) atoms. The SMILES string of the molecule is CCCCc1nc2ccc(NS(=O)(=O)C(C)C)nc2n1Cc1ccc(-c2ccccc2OC(=O)O)cc1. The summed E-state index contributed by atoms with van der Waals surface area (Å²) < 4.78 is 34.3. The minimum atomic E-state index is -3.53. The molecule has 0 aliphatic carbocycles. The van der Waals surface area contributed by atoms with E-state index >= 15 is 0 Å². The molecule has 0 radical (unpaired) electrons. The quantitative estimate of drug-likeness (QED) is 0.202. The minimum absolute atomic E-state index is 0.259. The molecule has 2 N–H and O–H groups in total. The molecule has 0 atom stereocenters. The van der Waals surface area contributed by atoms with Crippen LogP contribution >= 0.6 is 0 Å². The fourth-order valence-corrected chi connectivity index (χ4v) is 4.56. The van der Waals surface area contributed by atoms with Gasteiger partial charge in [-0.2, -0.15) is 0 Å². The Kier molecular flexibility index (Phi) is 7.77. The van der Waals surface area contributed by atoms with Gasteiger partial charge >= 0.3 is 6.16 Å². The van der Waals surface area contributed by atoms with E-state index in [0.29, 0.717) is 23.3 Å². The lowest BCUT2D eigenvalue weighted by molar-refractivity contribution is 0.144. The number of hydrogen-bond acceptors (Lipinski definition) is 6. The topological polar surface area (TPSA) is 123 Å². The van der Waals surface area contributed by atoms with Crippen LogP contribution in [0.4, 0.5) is 10.6 Å². The number of carbonyl (C=O) groups is 1. The van der Waals surface area contributed by atoms with E-state index in [1.807, 2.05) is 41.0 Å². The number of carboxylic acid groups (broad SMARTS) is 1. The van der Waals surface area contributed by atoms with Crippen LogP contribution in [0.1, 0.15) is 45.0 Å². The second-order valence-electron chi connectivity index (χ2n) is 9.01. The van der Waals surface area contributed by atoms with Gasteiger partial charge in [0.1, 0.15) is 22.9 Å². The van der Waals surface area contributed by atoms with Crippen molar-refractivity contribution in [2.24, 2.45) is 0 Å². The van der Waals surface area contributed by atoms with Gasteiger partial charge in [-0.05, 0) is 49.6 Å². The van der Waals surface area contributed by atoms with E-state index in [-0.39, 0.29) is 11.6 Å². The number of benzene rings is 2. The zero-order valence-electron chi connectivity index (χ0n) is 21.0. The Morgan fingerprint density at radius 2 is 1.78 bits per heavy atom. The summed E-state index contributed by atoms with van der Waals surface area (Å²) in [5, 5.41) is 8.45. The van der Waals surface area contributed by atoms with Crippen molar-refractivity contribution in [2.75, 3.05) is 4.72 Å². The number of unbranched alkanes of at least 4 members (excludes halogenated alkanes) is 1. The lowest BCUT2D eigenvalue weighted by Gasteiger charge is -2.12. The maximum atomic E-state index is 12.4. The molecule has 0 spiro atoms. The van der Waals surface area contributed by atoms with Crippen molar-refractivity contribution in [2.45, 2.75) is 51.8 Å². The van der Waals surface area contributed by atoms with Gasteiger partial charge in [0.25, 0.3) is 0 Å². The summed E-state index contributed by atoms with van der Waals surface area (Å²) in [4.78, 5) is 20.4. The molecule has 10 heteroatoms. The van der Waals surface area contributed by atoms with Crippen LogP contribution in [0.5, 0.6) is 5.75 Å². The number of anilines is 1. The summed E-state index contributed by atoms with van der Waals surface area (Å²) >= 11 is 0. The number of sulfonamides is 1. The first-order valence-electron chi connectivity index (χ1n) is 12.1. The Hall–Kier alpha value is -3.92. The van der Waals surface area contributed by atoms with E-state index in [2.05, 4.69) is 16.6 Å². The Morgan fingerprint density at radius 1 is 1.05 bits per heavy atom. The number of fused-ring (bicyclic) bond motifs is 1. The first kappa shape index (κ1) is 26.2. The van der Waals surface area contributed by atoms with E-state index in [0.717, 1.165) is 36.2 Å². The van der Waals surface area contributed by atoms with Gasteiger partial charge in [0.15, 0.2) is 5.65 Å². The molecule has 9 nitrogen and oxygen atoms in total. The molecule has 0 saturated heterocycles. The summed E-state index contributed by atoms with van der Waals surface area (Å²) in [7, 11) is -3.53. The Labute approximate surface area is 216 Å². The van der Waals surface area contributed by atoms with Gasteiger partial charge in [-0.15, -0.1) is 0 Å². The smallest absolute Gasteiger partial charge is 0.449 e. The maximum absolute atomic E-state index is 12.4. The highest BCUT2D eigenvalue weighted by Gasteiger charge is 2.19. The van der Waals surface area contributed by atoms with Crippen LogP contribution in [0, 0.1) is 0 Å². The number of aryl methyl sites for hydroxylation is 1. The summed E-state index contributed by atoms with van der Waals surface area (Å²) in [5.41, 5.74) is 3.81. The molecule has 0 amide bonds. The molecule has 2 heterocycles. The van der Waals surface area contributed by atoms with E-state index in [9.17, 15) is 13.2 Å². The number of pyridine rings is 1. The standard InChI is InChI=1S/C27H30N4O5S/c1-4-5-10-25-28-22-15-16-24(30-37(34,35)18(2)3)29-26(22)31(25)17-19-11-13-20(14-12-19)21-8-6-7-9-23(21)36-27(32)33/h6-9,11-16,18H,4-5,10,17H2,1-3H3,(H,29,30)(H,32,33). The molecule has 0 fully saturated rings. The molecule has 0 unspecified atom stereocenters. The monoisotopic (exact) mass is 522 g/mol. The third kappa shape index (κ3) is 6.08. The van der Waals surface area contributed by atoms with E-state index in [1.165, 1.54) is 0 Å². The van der Waals surface area contributed by atoms with Crippen molar-refractivity contribution >= 4 is 33.2 Å². The number of nitrogens with one attached hydrogen (secondary N) is 1. The number of imidazole rings is 1. The van der Waals surface area contributed by atoms with Gasteiger partial charge in [-0.1, -0.05) is 55.8 Å². The van der Waals surface area contributed by atoms with E-state index in [4.69, 9.17) is 14.8 Å². The Morgan fingerprint density at radius 3 is 2.46 bits per heavy atom. The van der Waals surface area contributed by atoms with Crippen LogP contribution in [0.2, 0.25) is 0 Å². The van der Waals surface area contributed by atoms with Crippen molar-refractivity contribution < 1.29 is 23.1 Å². The highest BCUT2D eigenvalue weighted by atomic mass is 32.2. The minimum Gasteiger partial charge on any atom is -0.449 e. The number of hydrogen-bond donors (Lipinski definition) is 2. The van der Waals surface area contributed by atoms with Gasteiger partial charge in [-0.3, -0.25) is 4.72 Å². The van der Waals surface area contributed by atoms with E-state index in [1.54, 1.807) is 38.1 Å². The molecule has 2 aromatic heterocycles. The number of aromatic nitrogens is 3. The van der Waals surface area contributed by atoms with Gasteiger partial charge in [0, 0.05) is 12.0 Å². The first-order chi connectivity index (χ1) is 17.7. The molecule has 0 bridgehead atoms. The summed E-state index contributed by atoms with van der Waals surface area (Å²) in [6, 6.07) is 18.2. The Bertz CT molecular complexity index is 1510. The predicted molar refractivity (Wildman–Crippen MR) is 143 cm³/mol. The van der Waals surface area contributed by atoms with Crippen molar-refractivity contribution in [3.05, 3.63) is 72.1 Å². The van der Waals surface area contributed by atoms with Gasteiger partial charge in [0.05, 0.1) is 11.8 Å². The van der Waals surface area contributed by atoms with Gasteiger partial charge < -0.3 is 14.4 Å². The van der Waals surface area contributed by atoms with Crippen LogP contribution in [0.15, 0.2) is 60.7 Å². The van der Waals surface area contributed by atoms with Crippen LogP contribution in [0.3, 0.4) is 0 Å².